The van der Waals surface area contributed by atoms with E-state index in [0.29, 0.717) is 0 Å². The van der Waals surface area contributed by atoms with Crippen molar-refractivity contribution in [3.05, 3.63) is 13.8 Å². The molecule has 0 aliphatic carbocycles. The molecule has 23 heavy (non-hydrogen) atoms. The summed E-state index contributed by atoms with van der Waals surface area (Å²) in [7, 11) is 0. The molecule has 1 unspecified atom stereocenters. The summed E-state index contributed by atoms with van der Waals surface area (Å²) in [5.74, 6) is 7.64. The standard InChI is InChI=1S/C23H42/c1-4-7-9-11-13-15-17-19-21-23(6-3)22-20-18-16-14-12-10-8-5-2/h23H,1-2,4-15,17,19-22H2,3H3. The summed E-state index contributed by atoms with van der Waals surface area (Å²) in [6.45, 7) is 10.1. The van der Waals surface area contributed by atoms with E-state index in [1.807, 2.05) is 0 Å². The molecule has 0 aliphatic heterocycles. The van der Waals surface area contributed by atoms with Gasteiger partial charge in [-0.15, -0.1) is 11.8 Å². The van der Waals surface area contributed by atoms with Crippen LogP contribution in [-0.2, 0) is 0 Å². The van der Waals surface area contributed by atoms with Crippen molar-refractivity contribution in [2.45, 2.75) is 116 Å². The molecular weight excluding hydrogens is 276 g/mol. The van der Waals surface area contributed by atoms with Crippen LogP contribution in [0.15, 0.2) is 0 Å². The van der Waals surface area contributed by atoms with E-state index in [2.05, 4.69) is 32.6 Å². The Morgan fingerprint density at radius 3 is 1.74 bits per heavy atom. The zero-order valence-corrected chi connectivity index (χ0v) is 16.0. The number of hydrogen-bond acceptors (Lipinski definition) is 0. The van der Waals surface area contributed by atoms with E-state index in [1.54, 1.807) is 0 Å². The molecule has 1 atom stereocenters. The third-order valence-electron chi connectivity index (χ3n) is 4.79. The van der Waals surface area contributed by atoms with Gasteiger partial charge in [0.1, 0.15) is 0 Å². The van der Waals surface area contributed by atoms with Crippen LogP contribution in [0.25, 0.3) is 0 Å². The normalized spacial score (nSPS) is 12.0. The fourth-order valence-corrected chi connectivity index (χ4v) is 3.07. The molecule has 0 nitrogen and oxygen atoms in total. The Bertz CT molecular complexity index is 267. The summed E-state index contributed by atoms with van der Waals surface area (Å²) >= 11 is 0. The molecule has 0 fully saturated rings. The summed E-state index contributed by atoms with van der Waals surface area (Å²) in [6, 6.07) is 0. The molecule has 0 heteroatoms. The average Bonchev–Trinajstić information content (AvgIpc) is 2.57. The lowest BCUT2D eigenvalue weighted by Gasteiger charge is -2.12. The molecule has 0 bridgehead atoms. The van der Waals surface area contributed by atoms with E-state index in [4.69, 9.17) is 0 Å². The summed E-state index contributed by atoms with van der Waals surface area (Å²) < 4.78 is 0. The van der Waals surface area contributed by atoms with Gasteiger partial charge < -0.3 is 0 Å². The first kappa shape index (κ1) is 22.6. The molecular formula is C23H42. The van der Waals surface area contributed by atoms with Crippen molar-refractivity contribution in [2.75, 3.05) is 0 Å². The molecule has 0 aliphatic rings. The lowest BCUT2D eigenvalue weighted by Crippen LogP contribution is -1.98. The Balaban J connectivity index is 3.43. The minimum atomic E-state index is 0.904. The van der Waals surface area contributed by atoms with Gasteiger partial charge in [-0.2, -0.15) is 0 Å². The topological polar surface area (TPSA) is 0 Å². The second-order valence-corrected chi connectivity index (χ2v) is 6.95. The van der Waals surface area contributed by atoms with Crippen LogP contribution in [0.2, 0.25) is 0 Å². The fourth-order valence-electron chi connectivity index (χ4n) is 3.07. The molecule has 0 spiro atoms. The van der Waals surface area contributed by atoms with E-state index in [9.17, 15) is 0 Å². The number of rotatable bonds is 16. The molecule has 0 N–H and O–H groups in total. The van der Waals surface area contributed by atoms with E-state index in [0.717, 1.165) is 31.6 Å². The smallest absolute Gasteiger partial charge is 0.00913 e. The van der Waals surface area contributed by atoms with Crippen LogP contribution in [-0.4, -0.2) is 0 Å². The van der Waals surface area contributed by atoms with Crippen LogP contribution in [0.3, 0.4) is 0 Å². The highest BCUT2D eigenvalue weighted by Crippen LogP contribution is 2.19. The number of unbranched alkanes of at least 4 members (excludes halogenated alkanes) is 11. The predicted molar refractivity (Wildman–Crippen MR) is 106 cm³/mol. The van der Waals surface area contributed by atoms with E-state index in [-0.39, 0.29) is 0 Å². The average molecular weight is 319 g/mol. The van der Waals surface area contributed by atoms with Gasteiger partial charge >= 0.3 is 0 Å². The van der Waals surface area contributed by atoms with Crippen LogP contribution in [0.4, 0.5) is 0 Å². The van der Waals surface area contributed by atoms with Crippen molar-refractivity contribution in [1.82, 2.24) is 0 Å². The SMILES string of the molecule is [CH2]CCCCCC#CCCC(CC)CCCCCCCCC[CH2]. The van der Waals surface area contributed by atoms with Crippen LogP contribution in [0.5, 0.6) is 0 Å². The van der Waals surface area contributed by atoms with Gasteiger partial charge in [-0.25, -0.2) is 0 Å². The van der Waals surface area contributed by atoms with Crippen molar-refractivity contribution >= 4 is 0 Å². The van der Waals surface area contributed by atoms with E-state index >= 15 is 0 Å². The van der Waals surface area contributed by atoms with E-state index in [1.165, 1.54) is 83.5 Å². The van der Waals surface area contributed by atoms with Gasteiger partial charge in [0, 0.05) is 12.8 Å². The molecule has 0 amide bonds. The molecule has 0 heterocycles. The molecule has 0 saturated carbocycles. The van der Waals surface area contributed by atoms with Crippen LogP contribution < -0.4 is 0 Å². The summed E-state index contributed by atoms with van der Waals surface area (Å²) in [5, 5.41) is 0. The Hall–Kier alpha value is -0.440. The van der Waals surface area contributed by atoms with Crippen molar-refractivity contribution < 1.29 is 0 Å². The molecule has 0 aromatic heterocycles. The quantitative estimate of drug-likeness (QED) is 0.200. The van der Waals surface area contributed by atoms with Crippen molar-refractivity contribution in [1.29, 1.82) is 0 Å². The highest BCUT2D eigenvalue weighted by atomic mass is 14.1. The number of hydrogen-bond donors (Lipinski definition) is 0. The molecule has 0 aromatic rings. The van der Waals surface area contributed by atoms with Gasteiger partial charge in [0.15, 0.2) is 0 Å². The maximum Gasteiger partial charge on any atom is 0.00913 e. The molecule has 2 radical (unpaired) electrons. The van der Waals surface area contributed by atoms with Gasteiger partial charge in [0.2, 0.25) is 0 Å². The maximum absolute atomic E-state index is 3.90. The zero-order chi connectivity index (χ0) is 17.0. The Morgan fingerprint density at radius 1 is 0.609 bits per heavy atom. The van der Waals surface area contributed by atoms with Gasteiger partial charge in [0.05, 0.1) is 0 Å². The van der Waals surface area contributed by atoms with Gasteiger partial charge in [-0.1, -0.05) is 104 Å². The van der Waals surface area contributed by atoms with Gasteiger partial charge in [-0.3, -0.25) is 0 Å². The largest absolute Gasteiger partial charge is 0.103 e. The van der Waals surface area contributed by atoms with Crippen LogP contribution >= 0.6 is 0 Å². The third kappa shape index (κ3) is 17.7. The van der Waals surface area contributed by atoms with Gasteiger partial charge in [0.25, 0.3) is 0 Å². The second-order valence-electron chi connectivity index (χ2n) is 6.95. The van der Waals surface area contributed by atoms with Crippen LogP contribution in [0, 0.1) is 31.6 Å². The first-order chi connectivity index (χ1) is 11.3. The van der Waals surface area contributed by atoms with Gasteiger partial charge in [-0.05, 0) is 18.8 Å². The summed E-state index contributed by atoms with van der Waals surface area (Å²) in [5.41, 5.74) is 0. The Labute approximate surface area is 148 Å². The van der Waals surface area contributed by atoms with Crippen molar-refractivity contribution in [2.24, 2.45) is 5.92 Å². The monoisotopic (exact) mass is 318 g/mol. The first-order valence-electron chi connectivity index (χ1n) is 10.4. The molecule has 0 aromatic carbocycles. The first-order valence-corrected chi connectivity index (χ1v) is 10.4. The zero-order valence-electron chi connectivity index (χ0n) is 16.0. The summed E-state index contributed by atoms with van der Waals surface area (Å²) in [6.07, 6.45) is 22.1. The molecule has 0 rings (SSSR count). The summed E-state index contributed by atoms with van der Waals surface area (Å²) in [4.78, 5) is 0. The highest BCUT2D eigenvalue weighted by molar-refractivity contribution is 4.98. The lowest BCUT2D eigenvalue weighted by atomic mass is 9.93. The molecule has 0 saturated heterocycles. The highest BCUT2D eigenvalue weighted by Gasteiger charge is 2.04. The fraction of sp³-hybridized carbons (Fsp3) is 0.826. The minimum absolute atomic E-state index is 0.904. The Morgan fingerprint density at radius 2 is 1.13 bits per heavy atom. The lowest BCUT2D eigenvalue weighted by molar-refractivity contribution is 0.416. The third-order valence-corrected chi connectivity index (χ3v) is 4.79. The maximum atomic E-state index is 3.90. The van der Waals surface area contributed by atoms with Crippen molar-refractivity contribution in [3.63, 3.8) is 0 Å². The predicted octanol–water partition coefficient (Wildman–Crippen LogP) is 7.93. The van der Waals surface area contributed by atoms with Crippen LogP contribution in [0.1, 0.15) is 116 Å². The van der Waals surface area contributed by atoms with E-state index < -0.39 is 0 Å². The second kappa shape index (κ2) is 19.6. The van der Waals surface area contributed by atoms with Crippen molar-refractivity contribution in [3.8, 4) is 11.8 Å². The Kier molecular flexibility index (Phi) is 19.2. The molecule has 134 valence electrons. The minimum Gasteiger partial charge on any atom is -0.103 e.